The van der Waals surface area contributed by atoms with Crippen LogP contribution < -0.4 is 4.90 Å². The van der Waals surface area contributed by atoms with E-state index in [0.29, 0.717) is 24.2 Å². The number of aromatic hydroxyl groups is 1. The lowest BCUT2D eigenvalue weighted by Gasteiger charge is -2.37. The quantitative estimate of drug-likeness (QED) is 0.636. The zero-order valence-corrected chi connectivity index (χ0v) is 17.8. The number of rotatable bonds is 5. The highest BCUT2D eigenvalue weighted by Crippen LogP contribution is 2.26. The number of furan rings is 1. The van der Waals surface area contributed by atoms with Gasteiger partial charge in [-0.2, -0.15) is 0 Å². The highest BCUT2D eigenvalue weighted by Gasteiger charge is 2.23. The predicted molar refractivity (Wildman–Crippen MR) is 117 cm³/mol. The first kappa shape index (κ1) is 20.8. The number of piperazine rings is 1. The molecule has 2 aromatic carbocycles. The molecule has 0 radical (unpaired) electrons. The van der Waals surface area contributed by atoms with Gasteiger partial charge in [-0.15, -0.1) is 0 Å². The van der Waals surface area contributed by atoms with E-state index in [9.17, 15) is 14.7 Å². The van der Waals surface area contributed by atoms with E-state index < -0.39 is 5.97 Å². The second-order valence-corrected chi connectivity index (χ2v) is 7.87. The molecule has 7 heteroatoms. The predicted octanol–water partition coefficient (Wildman–Crippen LogP) is 3.19. The molecule has 0 bridgehead atoms. The third kappa shape index (κ3) is 4.50. The highest BCUT2D eigenvalue weighted by molar-refractivity contribution is 5.87. The molecule has 1 amide bonds. The highest BCUT2D eigenvalue weighted by atomic mass is 16.5. The van der Waals surface area contributed by atoms with E-state index in [1.165, 1.54) is 35.2 Å². The average Bonchev–Trinajstić information content (AvgIpc) is 3.15. The van der Waals surface area contributed by atoms with Crippen LogP contribution in [0.2, 0.25) is 0 Å². The van der Waals surface area contributed by atoms with E-state index in [4.69, 9.17) is 9.15 Å². The maximum Gasteiger partial charge on any atom is 0.310 e. The van der Waals surface area contributed by atoms with Crippen LogP contribution in [-0.2, 0) is 20.7 Å². The molecule has 1 saturated heterocycles. The van der Waals surface area contributed by atoms with Crippen LogP contribution in [0.15, 0.2) is 47.1 Å². The van der Waals surface area contributed by atoms with Crippen LogP contribution >= 0.6 is 0 Å². The molecule has 1 N–H and O–H groups in total. The summed E-state index contributed by atoms with van der Waals surface area (Å²) in [7, 11) is 0. The fraction of sp³-hybridized carbons (Fsp3) is 0.333. The topological polar surface area (TPSA) is 83.2 Å². The average molecular weight is 422 g/mol. The number of nitrogens with zero attached hydrogens (tertiary/aromatic N) is 2. The molecule has 0 spiro atoms. The molecule has 3 aromatic rings. The lowest BCUT2D eigenvalue weighted by atomic mass is 10.1. The zero-order valence-electron chi connectivity index (χ0n) is 17.8. The Balaban J connectivity index is 1.27. The monoisotopic (exact) mass is 422 g/mol. The van der Waals surface area contributed by atoms with Crippen LogP contribution in [0, 0.1) is 13.8 Å². The molecule has 1 aromatic heterocycles. The Morgan fingerprint density at radius 3 is 2.65 bits per heavy atom. The summed E-state index contributed by atoms with van der Waals surface area (Å²) in [4.78, 5) is 28.8. The van der Waals surface area contributed by atoms with Gasteiger partial charge in [0.1, 0.15) is 11.3 Å². The van der Waals surface area contributed by atoms with Crippen molar-refractivity contribution in [1.29, 1.82) is 0 Å². The number of hydrogen-bond donors (Lipinski definition) is 1. The molecule has 0 saturated carbocycles. The number of esters is 1. The summed E-state index contributed by atoms with van der Waals surface area (Å²) >= 11 is 0. The Morgan fingerprint density at radius 2 is 1.87 bits per heavy atom. The molecule has 1 fully saturated rings. The number of hydrogen-bond acceptors (Lipinski definition) is 6. The second kappa shape index (κ2) is 8.71. The first-order valence-corrected chi connectivity index (χ1v) is 10.4. The number of phenolic OH excluding ortho intramolecular Hbond substituents is 1. The van der Waals surface area contributed by atoms with Crippen molar-refractivity contribution in [2.75, 3.05) is 37.7 Å². The largest absolute Gasteiger partial charge is 0.508 e. The number of benzene rings is 2. The minimum absolute atomic E-state index is 0.00542. The first-order chi connectivity index (χ1) is 14.9. The number of ether oxygens (including phenoxy) is 1. The minimum atomic E-state index is -0.488. The van der Waals surface area contributed by atoms with Gasteiger partial charge in [0.2, 0.25) is 0 Å². The van der Waals surface area contributed by atoms with Crippen molar-refractivity contribution >= 4 is 28.5 Å². The van der Waals surface area contributed by atoms with Gasteiger partial charge in [0.25, 0.3) is 5.91 Å². The van der Waals surface area contributed by atoms with Gasteiger partial charge in [-0.3, -0.25) is 9.59 Å². The summed E-state index contributed by atoms with van der Waals surface area (Å²) in [5.74, 6) is -0.576. The van der Waals surface area contributed by atoms with Crippen LogP contribution in [0.4, 0.5) is 5.69 Å². The first-order valence-electron chi connectivity index (χ1n) is 10.4. The Kier molecular flexibility index (Phi) is 5.84. The van der Waals surface area contributed by atoms with E-state index in [1.807, 2.05) is 0 Å². The number of fused-ring (bicyclic) bond motifs is 1. The van der Waals surface area contributed by atoms with Gasteiger partial charge in [0.05, 0.1) is 12.7 Å². The summed E-state index contributed by atoms with van der Waals surface area (Å²) in [6.45, 7) is 6.64. The molecule has 1 aliphatic heterocycles. The standard InChI is InChI=1S/C24H26N2O5/c1-16-4-3-5-21(17(16)2)25-8-10-26(11-9-25)23(28)15-31-24(29)12-18-14-30-22-13-19(27)6-7-20(18)22/h3-7,13-14,27H,8-12,15H2,1-2H3. The van der Waals surface area contributed by atoms with Crippen molar-refractivity contribution < 1.29 is 23.8 Å². The smallest absolute Gasteiger partial charge is 0.310 e. The molecule has 2 heterocycles. The van der Waals surface area contributed by atoms with Gasteiger partial charge in [-0.1, -0.05) is 12.1 Å². The minimum Gasteiger partial charge on any atom is -0.508 e. The number of anilines is 1. The second-order valence-electron chi connectivity index (χ2n) is 7.87. The normalized spacial score (nSPS) is 14.1. The fourth-order valence-electron chi connectivity index (χ4n) is 3.92. The van der Waals surface area contributed by atoms with E-state index >= 15 is 0 Å². The van der Waals surface area contributed by atoms with Crippen LogP contribution in [0.3, 0.4) is 0 Å². The lowest BCUT2D eigenvalue weighted by molar-refractivity contribution is -0.151. The van der Waals surface area contributed by atoms with Crippen LogP contribution in [-0.4, -0.2) is 54.7 Å². The van der Waals surface area contributed by atoms with E-state index in [2.05, 4.69) is 36.9 Å². The molecule has 0 aliphatic carbocycles. The van der Waals surface area contributed by atoms with Gasteiger partial charge in [0, 0.05) is 48.9 Å². The summed E-state index contributed by atoms with van der Waals surface area (Å²) in [6.07, 6.45) is 1.48. The molecule has 0 atom stereocenters. The van der Waals surface area contributed by atoms with Crippen molar-refractivity contribution in [3.63, 3.8) is 0 Å². The summed E-state index contributed by atoms with van der Waals surface area (Å²) in [5, 5.41) is 10.2. The fourth-order valence-corrected chi connectivity index (χ4v) is 3.92. The van der Waals surface area contributed by atoms with E-state index in [1.54, 1.807) is 11.0 Å². The van der Waals surface area contributed by atoms with Gasteiger partial charge in [-0.05, 0) is 43.2 Å². The molecule has 4 rings (SSSR count). The molecule has 31 heavy (non-hydrogen) atoms. The molecular formula is C24H26N2O5. The Hall–Kier alpha value is -3.48. The molecule has 0 unspecified atom stereocenters. The van der Waals surface area contributed by atoms with Crippen molar-refractivity contribution in [2.45, 2.75) is 20.3 Å². The summed E-state index contributed by atoms with van der Waals surface area (Å²) < 4.78 is 10.6. The Morgan fingerprint density at radius 1 is 1.10 bits per heavy atom. The van der Waals surface area contributed by atoms with Crippen molar-refractivity contribution in [2.24, 2.45) is 0 Å². The lowest BCUT2D eigenvalue weighted by Crippen LogP contribution is -2.50. The van der Waals surface area contributed by atoms with Gasteiger partial charge in [0.15, 0.2) is 6.61 Å². The Bertz CT molecular complexity index is 1110. The van der Waals surface area contributed by atoms with Gasteiger partial charge in [-0.25, -0.2) is 0 Å². The van der Waals surface area contributed by atoms with Crippen molar-refractivity contribution in [1.82, 2.24) is 4.90 Å². The van der Waals surface area contributed by atoms with E-state index in [-0.39, 0.29) is 24.7 Å². The molecule has 162 valence electrons. The number of amides is 1. The summed E-state index contributed by atoms with van der Waals surface area (Å²) in [6, 6.07) is 11.0. The molecule has 1 aliphatic rings. The SMILES string of the molecule is Cc1cccc(N2CCN(C(=O)COC(=O)Cc3coc4cc(O)ccc34)CC2)c1C. The summed E-state index contributed by atoms with van der Waals surface area (Å²) in [5.41, 5.74) is 4.89. The Labute approximate surface area is 180 Å². The third-order valence-electron chi connectivity index (χ3n) is 5.88. The molecular weight excluding hydrogens is 396 g/mol. The van der Waals surface area contributed by atoms with E-state index in [0.717, 1.165) is 18.5 Å². The van der Waals surface area contributed by atoms with Crippen LogP contribution in [0.1, 0.15) is 16.7 Å². The number of carbonyl (C=O) groups excluding carboxylic acids is 2. The number of carbonyl (C=O) groups is 2. The van der Waals surface area contributed by atoms with Crippen molar-refractivity contribution in [3.8, 4) is 5.75 Å². The van der Waals surface area contributed by atoms with Crippen molar-refractivity contribution in [3.05, 3.63) is 59.4 Å². The van der Waals surface area contributed by atoms with Crippen LogP contribution in [0.5, 0.6) is 5.75 Å². The zero-order chi connectivity index (χ0) is 22.0. The number of phenols is 1. The molecule has 7 nitrogen and oxygen atoms in total. The van der Waals surface area contributed by atoms with Gasteiger partial charge < -0.3 is 24.1 Å². The maximum absolute atomic E-state index is 12.5. The third-order valence-corrected chi connectivity index (χ3v) is 5.88. The maximum atomic E-state index is 12.5. The van der Waals surface area contributed by atoms with Gasteiger partial charge >= 0.3 is 5.97 Å². The van der Waals surface area contributed by atoms with Crippen LogP contribution in [0.25, 0.3) is 11.0 Å². The number of aryl methyl sites for hydroxylation is 1.